The van der Waals surface area contributed by atoms with Crippen molar-refractivity contribution in [1.29, 1.82) is 0 Å². The summed E-state index contributed by atoms with van der Waals surface area (Å²) in [5.41, 5.74) is 0.954. The largest absolute Gasteiger partial charge is 0.378 e. The van der Waals surface area contributed by atoms with Crippen LogP contribution in [-0.4, -0.2) is 75.4 Å². The van der Waals surface area contributed by atoms with Crippen LogP contribution in [0.3, 0.4) is 0 Å². The molecule has 1 aromatic heterocycles. The lowest BCUT2D eigenvalue weighted by Crippen LogP contribution is -2.49. The lowest BCUT2D eigenvalue weighted by molar-refractivity contribution is 0.122. The van der Waals surface area contributed by atoms with Crippen molar-refractivity contribution in [3.63, 3.8) is 0 Å². The Labute approximate surface area is 167 Å². The summed E-state index contributed by atoms with van der Waals surface area (Å²) in [5.74, 6) is -1.58. The number of aromatic nitrogens is 2. The predicted octanol–water partition coefficient (Wildman–Crippen LogP) is 1.10. The van der Waals surface area contributed by atoms with Crippen molar-refractivity contribution in [2.45, 2.75) is 4.90 Å². The summed E-state index contributed by atoms with van der Waals surface area (Å²) < 4.78 is 58.7. The van der Waals surface area contributed by atoms with Gasteiger partial charge in [0.1, 0.15) is 0 Å². The number of nitrogens with zero attached hydrogens (tertiary/aromatic N) is 5. The van der Waals surface area contributed by atoms with E-state index in [0.717, 1.165) is 30.9 Å². The van der Waals surface area contributed by atoms with E-state index < -0.39 is 21.7 Å². The van der Waals surface area contributed by atoms with Gasteiger partial charge in [-0.15, -0.1) is 5.10 Å². The first-order valence-corrected chi connectivity index (χ1v) is 10.7. The van der Waals surface area contributed by atoms with Gasteiger partial charge in [0.15, 0.2) is 17.5 Å². The number of ether oxygens (including phenoxy) is 1. The van der Waals surface area contributed by atoms with Gasteiger partial charge in [0.25, 0.3) is 0 Å². The Hall–Kier alpha value is -2.37. The van der Waals surface area contributed by atoms with E-state index in [1.165, 1.54) is 4.31 Å². The smallest absolute Gasteiger partial charge is 0.243 e. The molecule has 0 atom stereocenters. The Morgan fingerprint density at radius 3 is 2.31 bits per heavy atom. The Kier molecular flexibility index (Phi) is 5.61. The van der Waals surface area contributed by atoms with Crippen LogP contribution in [0.2, 0.25) is 0 Å². The van der Waals surface area contributed by atoms with Crippen molar-refractivity contribution in [2.75, 3.05) is 62.3 Å². The fourth-order valence-electron chi connectivity index (χ4n) is 3.44. The second-order valence-corrected chi connectivity index (χ2v) is 8.78. The molecule has 0 saturated carbocycles. The molecule has 2 aliphatic rings. The van der Waals surface area contributed by atoms with E-state index >= 15 is 0 Å². The number of hydrogen-bond donors (Lipinski definition) is 0. The lowest BCUT2D eigenvalue weighted by Gasteiger charge is -2.35. The standard InChI is InChI=1S/C18H21F2N5O3S/c19-16-2-1-15(12-17(16)20)29(26,27)25-5-3-24(4-6-25)18-11-14(13-21-22-18)23-7-9-28-10-8-23/h1-2,11-13H,3-10H2. The van der Waals surface area contributed by atoms with Crippen molar-refractivity contribution >= 4 is 21.5 Å². The minimum Gasteiger partial charge on any atom is -0.378 e. The van der Waals surface area contributed by atoms with Gasteiger partial charge >= 0.3 is 0 Å². The van der Waals surface area contributed by atoms with Crippen LogP contribution >= 0.6 is 0 Å². The lowest BCUT2D eigenvalue weighted by atomic mass is 10.3. The fourth-order valence-corrected chi connectivity index (χ4v) is 4.87. The maximum Gasteiger partial charge on any atom is 0.243 e. The molecule has 0 aliphatic carbocycles. The number of piperazine rings is 1. The first-order chi connectivity index (χ1) is 13.9. The van der Waals surface area contributed by atoms with E-state index in [0.29, 0.717) is 38.2 Å². The van der Waals surface area contributed by atoms with E-state index in [1.807, 2.05) is 11.0 Å². The van der Waals surface area contributed by atoms with Crippen molar-refractivity contribution < 1.29 is 21.9 Å². The molecule has 2 saturated heterocycles. The zero-order valence-corrected chi connectivity index (χ0v) is 16.5. The number of halogens is 2. The van der Waals surface area contributed by atoms with Gasteiger partial charge in [-0.2, -0.15) is 9.40 Å². The third-order valence-corrected chi connectivity index (χ3v) is 6.99. The molecular formula is C18H21F2N5O3S. The summed E-state index contributed by atoms with van der Waals surface area (Å²) in [7, 11) is -3.89. The third-order valence-electron chi connectivity index (χ3n) is 5.09. The molecule has 0 unspecified atom stereocenters. The summed E-state index contributed by atoms with van der Waals surface area (Å²) in [6, 6.07) is 4.56. The van der Waals surface area contributed by atoms with Gasteiger partial charge in [-0.25, -0.2) is 17.2 Å². The van der Waals surface area contributed by atoms with Crippen LogP contribution in [0.1, 0.15) is 0 Å². The summed E-state index contributed by atoms with van der Waals surface area (Å²) in [4.78, 5) is 3.89. The molecule has 1 aromatic carbocycles. The first-order valence-electron chi connectivity index (χ1n) is 9.31. The summed E-state index contributed by atoms with van der Waals surface area (Å²) in [5, 5.41) is 8.27. The van der Waals surface area contributed by atoms with E-state index in [2.05, 4.69) is 15.1 Å². The highest BCUT2D eigenvalue weighted by Crippen LogP contribution is 2.24. The average Bonchev–Trinajstić information content (AvgIpc) is 2.76. The second-order valence-electron chi connectivity index (χ2n) is 6.84. The van der Waals surface area contributed by atoms with Crippen LogP contribution in [0, 0.1) is 11.6 Å². The topological polar surface area (TPSA) is 78.9 Å². The predicted molar refractivity (Wildman–Crippen MR) is 102 cm³/mol. The van der Waals surface area contributed by atoms with E-state index in [9.17, 15) is 17.2 Å². The molecule has 11 heteroatoms. The molecule has 2 aliphatic heterocycles. The van der Waals surface area contributed by atoms with Gasteiger partial charge in [-0.05, 0) is 18.2 Å². The maximum atomic E-state index is 13.5. The normalized spacial score (nSPS) is 18.8. The third kappa shape index (κ3) is 4.16. The van der Waals surface area contributed by atoms with E-state index in [4.69, 9.17) is 4.74 Å². The highest BCUT2D eigenvalue weighted by Gasteiger charge is 2.30. The zero-order valence-electron chi connectivity index (χ0n) is 15.7. The van der Waals surface area contributed by atoms with Crippen LogP contribution in [0.4, 0.5) is 20.3 Å². The molecule has 0 spiro atoms. The van der Waals surface area contributed by atoms with Crippen molar-refractivity contribution in [3.8, 4) is 0 Å². The van der Waals surface area contributed by atoms with Gasteiger partial charge in [0.2, 0.25) is 10.0 Å². The highest BCUT2D eigenvalue weighted by atomic mass is 32.2. The Balaban J connectivity index is 1.44. The molecule has 0 radical (unpaired) electrons. The van der Waals surface area contributed by atoms with E-state index in [-0.39, 0.29) is 18.0 Å². The fraction of sp³-hybridized carbons (Fsp3) is 0.444. The molecule has 156 valence electrons. The average molecular weight is 425 g/mol. The Morgan fingerprint density at radius 2 is 1.62 bits per heavy atom. The van der Waals surface area contributed by atoms with Crippen LogP contribution < -0.4 is 9.80 Å². The molecule has 0 amide bonds. The first kappa shape index (κ1) is 19.9. The van der Waals surface area contributed by atoms with Gasteiger partial charge < -0.3 is 14.5 Å². The molecule has 3 heterocycles. The molecular weight excluding hydrogens is 404 g/mol. The molecule has 4 rings (SSSR count). The highest BCUT2D eigenvalue weighted by molar-refractivity contribution is 7.89. The van der Waals surface area contributed by atoms with Crippen LogP contribution in [0.5, 0.6) is 0 Å². The van der Waals surface area contributed by atoms with Gasteiger partial charge in [-0.3, -0.25) is 0 Å². The maximum absolute atomic E-state index is 13.5. The quantitative estimate of drug-likeness (QED) is 0.726. The van der Waals surface area contributed by atoms with Gasteiger partial charge in [0.05, 0.1) is 30.0 Å². The summed E-state index contributed by atoms with van der Waals surface area (Å²) in [6.45, 7) is 4.16. The van der Waals surface area contributed by atoms with Crippen LogP contribution in [0.25, 0.3) is 0 Å². The van der Waals surface area contributed by atoms with E-state index in [1.54, 1.807) is 6.20 Å². The molecule has 8 nitrogen and oxygen atoms in total. The van der Waals surface area contributed by atoms with Crippen molar-refractivity contribution in [3.05, 3.63) is 42.1 Å². The molecule has 0 N–H and O–H groups in total. The molecule has 2 fully saturated rings. The summed E-state index contributed by atoms with van der Waals surface area (Å²) in [6.07, 6.45) is 1.71. The number of sulfonamides is 1. The van der Waals surface area contributed by atoms with Crippen molar-refractivity contribution in [1.82, 2.24) is 14.5 Å². The van der Waals surface area contributed by atoms with Crippen LogP contribution in [-0.2, 0) is 14.8 Å². The molecule has 2 aromatic rings. The number of rotatable bonds is 4. The number of hydrogen-bond acceptors (Lipinski definition) is 7. The monoisotopic (exact) mass is 425 g/mol. The minimum absolute atomic E-state index is 0.213. The molecule has 29 heavy (non-hydrogen) atoms. The molecule has 0 bridgehead atoms. The van der Waals surface area contributed by atoms with Gasteiger partial charge in [-0.1, -0.05) is 0 Å². The second kappa shape index (κ2) is 8.17. The Morgan fingerprint density at radius 1 is 0.897 bits per heavy atom. The number of benzene rings is 1. The Bertz CT molecular complexity index is 977. The minimum atomic E-state index is -3.89. The summed E-state index contributed by atoms with van der Waals surface area (Å²) >= 11 is 0. The SMILES string of the molecule is O=S(=O)(c1ccc(F)c(F)c1)N1CCN(c2cc(N3CCOCC3)cnn2)CC1. The number of morpholine rings is 1. The number of anilines is 2. The van der Waals surface area contributed by atoms with Crippen molar-refractivity contribution in [2.24, 2.45) is 0 Å². The zero-order chi connectivity index (χ0) is 20.4. The van der Waals surface area contributed by atoms with Crippen LogP contribution in [0.15, 0.2) is 35.4 Å². The van der Waals surface area contributed by atoms with Gasteiger partial charge in [0, 0.05) is 45.3 Å².